The van der Waals surface area contributed by atoms with Gasteiger partial charge in [-0.1, -0.05) is 37.3 Å². The van der Waals surface area contributed by atoms with Crippen LogP contribution in [-0.2, 0) is 6.42 Å². The molecule has 2 nitrogen and oxygen atoms in total. The summed E-state index contributed by atoms with van der Waals surface area (Å²) in [5.74, 6) is 0.974. The van der Waals surface area contributed by atoms with Gasteiger partial charge in [0.1, 0.15) is 5.75 Å². The first kappa shape index (κ1) is 15.7. The van der Waals surface area contributed by atoms with Gasteiger partial charge in [-0.15, -0.1) is 0 Å². The van der Waals surface area contributed by atoms with Crippen molar-refractivity contribution in [3.8, 4) is 5.75 Å². The standard InChI is InChI=1S/C19H25NOS/c1-15(22)14-21-19-9-8-16(10-13-20-11-4-5-12-20)17-6-2-3-7-18(17)19/h2-3,6-9,15,22H,4-5,10-14H2,1H3. The van der Waals surface area contributed by atoms with Gasteiger partial charge in [-0.2, -0.15) is 12.6 Å². The lowest BCUT2D eigenvalue weighted by molar-refractivity contribution is 0.326. The average Bonchev–Trinajstić information content (AvgIpc) is 3.04. The maximum Gasteiger partial charge on any atom is 0.127 e. The first-order valence-electron chi connectivity index (χ1n) is 8.28. The zero-order valence-electron chi connectivity index (χ0n) is 13.3. The molecule has 1 aliphatic heterocycles. The Morgan fingerprint density at radius 1 is 1.09 bits per heavy atom. The Balaban J connectivity index is 1.80. The fourth-order valence-electron chi connectivity index (χ4n) is 3.17. The highest BCUT2D eigenvalue weighted by Crippen LogP contribution is 2.29. The third kappa shape index (κ3) is 3.76. The summed E-state index contributed by atoms with van der Waals surface area (Å²) in [5, 5.41) is 2.79. The van der Waals surface area contributed by atoms with Gasteiger partial charge in [-0.3, -0.25) is 0 Å². The molecule has 0 saturated carbocycles. The monoisotopic (exact) mass is 315 g/mol. The van der Waals surface area contributed by atoms with E-state index in [1.165, 1.54) is 42.3 Å². The van der Waals surface area contributed by atoms with E-state index in [-0.39, 0.29) is 5.25 Å². The summed E-state index contributed by atoms with van der Waals surface area (Å²) in [4.78, 5) is 2.57. The summed E-state index contributed by atoms with van der Waals surface area (Å²) in [6, 6.07) is 12.9. The molecule has 1 atom stereocenters. The molecule has 0 bridgehead atoms. The van der Waals surface area contributed by atoms with Crippen molar-refractivity contribution in [1.29, 1.82) is 0 Å². The molecule has 3 rings (SSSR count). The molecule has 1 heterocycles. The number of thiol groups is 1. The van der Waals surface area contributed by atoms with E-state index in [1.807, 2.05) is 0 Å². The number of fused-ring (bicyclic) bond motifs is 1. The molecule has 0 radical (unpaired) electrons. The maximum absolute atomic E-state index is 5.93. The highest BCUT2D eigenvalue weighted by atomic mass is 32.1. The van der Waals surface area contributed by atoms with Crippen molar-refractivity contribution in [2.75, 3.05) is 26.2 Å². The van der Waals surface area contributed by atoms with Crippen LogP contribution in [0.1, 0.15) is 25.3 Å². The quantitative estimate of drug-likeness (QED) is 0.803. The second-order valence-electron chi connectivity index (χ2n) is 6.23. The highest BCUT2D eigenvalue weighted by Gasteiger charge is 2.13. The van der Waals surface area contributed by atoms with E-state index in [4.69, 9.17) is 4.74 Å². The van der Waals surface area contributed by atoms with Crippen LogP contribution in [0.2, 0.25) is 0 Å². The van der Waals surface area contributed by atoms with E-state index in [0.717, 1.165) is 18.7 Å². The number of likely N-dealkylation sites (tertiary alicyclic amines) is 1. The molecule has 22 heavy (non-hydrogen) atoms. The fourth-order valence-corrected chi connectivity index (χ4v) is 3.25. The SMILES string of the molecule is CC(S)COc1ccc(CCN2CCCC2)c2ccccc12. The average molecular weight is 315 g/mol. The van der Waals surface area contributed by atoms with Gasteiger partial charge in [0.25, 0.3) is 0 Å². The molecule has 1 unspecified atom stereocenters. The molecular formula is C19H25NOS. The Kier molecular flexibility index (Phi) is 5.27. The lowest BCUT2D eigenvalue weighted by Gasteiger charge is -2.17. The molecule has 3 heteroatoms. The minimum Gasteiger partial charge on any atom is -0.492 e. The molecule has 118 valence electrons. The lowest BCUT2D eigenvalue weighted by atomic mass is 10.0. The summed E-state index contributed by atoms with van der Waals surface area (Å²) in [5.41, 5.74) is 1.42. The minimum atomic E-state index is 0.244. The van der Waals surface area contributed by atoms with Crippen LogP contribution in [0.15, 0.2) is 36.4 Å². The molecule has 0 aromatic heterocycles. The van der Waals surface area contributed by atoms with E-state index in [1.54, 1.807) is 0 Å². The summed E-state index contributed by atoms with van der Waals surface area (Å²) < 4.78 is 5.93. The molecule has 2 aromatic rings. The van der Waals surface area contributed by atoms with Crippen LogP contribution < -0.4 is 4.74 Å². The van der Waals surface area contributed by atoms with E-state index < -0.39 is 0 Å². The normalized spacial score (nSPS) is 17.0. The number of rotatable bonds is 6. The van der Waals surface area contributed by atoms with Crippen molar-refractivity contribution in [2.45, 2.75) is 31.4 Å². The van der Waals surface area contributed by atoms with E-state index in [9.17, 15) is 0 Å². The van der Waals surface area contributed by atoms with Crippen molar-refractivity contribution < 1.29 is 4.74 Å². The van der Waals surface area contributed by atoms with E-state index in [2.05, 4.69) is 60.9 Å². The lowest BCUT2D eigenvalue weighted by Crippen LogP contribution is -2.22. The van der Waals surface area contributed by atoms with E-state index >= 15 is 0 Å². The summed E-state index contributed by atoms with van der Waals surface area (Å²) in [6.07, 6.45) is 3.83. The smallest absolute Gasteiger partial charge is 0.127 e. The molecule has 0 spiro atoms. The molecule has 1 saturated heterocycles. The van der Waals surface area contributed by atoms with Gasteiger partial charge < -0.3 is 9.64 Å². The van der Waals surface area contributed by atoms with Gasteiger partial charge in [-0.25, -0.2) is 0 Å². The molecular weight excluding hydrogens is 290 g/mol. The zero-order chi connectivity index (χ0) is 15.4. The van der Waals surface area contributed by atoms with Gasteiger partial charge in [0.15, 0.2) is 0 Å². The largest absolute Gasteiger partial charge is 0.492 e. The van der Waals surface area contributed by atoms with Crippen LogP contribution in [0.25, 0.3) is 10.8 Å². The van der Waals surface area contributed by atoms with Crippen molar-refractivity contribution >= 4 is 23.4 Å². The molecule has 1 aliphatic rings. The zero-order valence-corrected chi connectivity index (χ0v) is 14.2. The molecule has 0 amide bonds. The number of hydrogen-bond acceptors (Lipinski definition) is 3. The molecule has 1 fully saturated rings. The predicted molar refractivity (Wildman–Crippen MR) is 97.3 cm³/mol. The van der Waals surface area contributed by atoms with Crippen LogP contribution in [0.5, 0.6) is 5.75 Å². The number of benzene rings is 2. The maximum atomic E-state index is 5.93. The molecule has 0 N–H and O–H groups in total. The third-order valence-electron chi connectivity index (χ3n) is 4.35. The second kappa shape index (κ2) is 7.38. The second-order valence-corrected chi connectivity index (χ2v) is 7.11. The van der Waals surface area contributed by atoms with Crippen molar-refractivity contribution in [2.24, 2.45) is 0 Å². The van der Waals surface area contributed by atoms with Crippen LogP contribution >= 0.6 is 12.6 Å². The molecule has 0 aliphatic carbocycles. The Hall–Kier alpha value is -1.19. The Labute approximate surface area is 138 Å². The number of hydrogen-bond donors (Lipinski definition) is 1. The number of nitrogens with zero attached hydrogens (tertiary/aromatic N) is 1. The van der Waals surface area contributed by atoms with Gasteiger partial charge in [0.05, 0.1) is 6.61 Å². The van der Waals surface area contributed by atoms with Gasteiger partial charge in [0.2, 0.25) is 0 Å². The number of ether oxygens (including phenoxy) is 1. The third-order valence-corrected chi connectivity index (χ3v) is 4.50. The van der Waals surface area contributed by atoms with Gasteiger partial charge in [-0.05, 0) is 49.4 Å². The molecule has 2 aromatic carbocycles. The van der Waals surface area contributed by atoms with Gasteiger partial charge >= 0.3 is 0 Å². The van der Waals surface area contributed by atoms with Crippen molar-refractivity contribution in [1.82, 2.24) is 4.90 Å². The van der Waals surface area contributed by atoms with Gasteiger partial charge in [0, 0.05) is 17.2 Å². The van der Waals surface area contributed by atoms with Crippen LogP contribution in [0.4, 0.5) is 0 Å². The van der Waals surface area contributed by atoms with E-state index in [0.29, 0.717) is 6.61 Å². The Bertz CT molecular complexity index is 620. The Morgan fingerprint density at radius 3 is 2.55 bits per heavy atom. The van der Waals surface area contributed by atoms with Crippen LogP contribution in [0.3, 0.4) is 0 Å². The summed E-state index contributed by atoms with van der Waals surface area (Å²) in [6.45, 7) is 6.38. The topological polar surface area (TPSA) is 12.5 Å². The summed E-state index contributed by atoms with van der Waals surface area (Å²) in [7, 11) is 0. The summed E-state index contributed by atoms with van der Waals surface area (Å²) >= 11 is 4.40. The fraction of sp³-hybridized carbons (Fsp3) is 0.474. The first-order chi connectivity index (χ1) is 10.7. The van der Waals surface area contributed by atoms with Crippen molar-refractivity contribution in [3.05, 3.63) is 42.0 Å². The Morgan fingerprint density at radius 2 is 1.82 bits per heavy atom. The van der Waals surface area contributed by atoms with Crippen LogP contribution in [-0.4, -0.2) is 36.4 Å². The van der Waals surface area contributed by atoms with Crippen LogP contribution in [0, 0.1) is 0 Å². The highest BCUT2D eigenvalue weighted by molar-refractivity contribution is 7.80. The predicted octanol–water partition coefficient (Wildman–Crippen LogP) is 4.18. The van der Waals surface area contributed by atoms with Crippen molar-refractivity contribution in [3.63, 3.8) is 0 Å². The minimum absolute atomic E-state index is 0.244. The first-order valence-corrected chi connectivity index (χ1v) is 8.79.